The summed E-state index contributed by atoms with van der Waals surface area (Å²) in [7, 11) is 0. The number of hydrogen-bond acceptors (Lipinski definition) is 4. The van der Waals surface area contributed by atoms with Crippen LogP contribution < -0.4 is 0 Å². The maximum Gasteiger partial charge on any atom is 0.433 e. The number of aliphatic carboxylic acids is 1. The maximum absolute atomic E-state index is 14.6. The minimum Gasteiger partial charge on any atom is -0.481 e. The number of nitrogens with zero attached hydrogens (tertiary/aromatic N) is 3. The molecule has 0 aliphatic heterocycles. The zero-order chi connectivity index (χ0) is 30.4. The molecule has 3 aliphatic carbocycles. The molecule has 1 amide bonds. The zero-order valence-corrected chi connectivity index (χ0v) is 24.9. The van der Waals surface area contributed by atoms with Crippen molar-refractivity contribution < 1.29 is 32.7 Å². The van der Waals surface area contributed by atoms with E-state index in [4.69, 9.17) is 23.2 Å². The molecule has 0 saturated heterocycles. The number of halogens is 5. The van der Waals surface area contributed by atoms with Crippen LogP contribution in [0, 0.1) is 16.7 Å². The number of Topliss-reactive ketones (excluding diaryl/α,β-unsaturated/α-hetero) is 1. The summed E-state index contributed by atoms with van der Waals surface area (Å²) < 4.78 is 44.5. The van der Waals surface area contributed by atoms with Crippen LogP contribution in [-0.4, -0.2) is 50.5 Å². The SMILES string of the molecule is CC1(C(=O)O)CCC(n2ncc(C(=O)N(CC(=O)c3c(Cl)cccc3Cl)CC3CCC4(CC3)CC4)c2C(F)(F)F)CC1. The number of amides is 1. The van der Waals surface area contributed by atoms with Gasteiger partial charge in [-0.15, -0.1) is 0 Å². The van der Waals surface area contributed by atoms with Crippen LogP contribution >= 0.6 is 23.2 Å². The molecule has 12 heteroatoms. The van der Waals surface area contributed by atoms with Gasteiger partial charge in [0.1, 0.15) is 0 Å². The Bertz CT molecular complexity index is 1350. The molecule has 228 valence electrons. The molecule has 1 N–H and O–H groups in total. The summed E-state index contributed by atoms with van der Waals surface area (Å²) >= 11 is 12.5. The Morgan fingerprint density at radius 1 is 1.02 bits per heavy atom. The molecule has 3 saturated carbocycles. The molecule has 1 aromatic carbocycles. The molecule has 2 aromatic rings. The highest BCUT2D eigenvalue weighted by molar-refractivity contribution is 6.40. The molecule has 42 heavy (non-hydrogen) atoms. The Labute approximate surface area is 252 Å². The van der Waals surface area contributed by atoms with E-state index in [-0.39, 0.29) is 53.8 Å². The fraction of sp³-hybridized carbons (Fsp3) is 0.600. The first-order chi connectivity index (χ1) is 19.7. The average Bonchev–Trinajstić information content (AvgIpc) is 3.52. The van der Waals surface area contributed by atoms with Gasteiger partial charge in [0.15, 0.2) is 11.5 Å². The van der Waals surface area contributed by atoms with E-state index in [1.54, 1.807) is 13.0 Å². The van der Waals surface area contributed by atoms with Crippen LogP contribution in [0.4, 0.5) is 13.2 Å². The number of carboxylic acid groups (broad SMARTS) is 1. The van der Waals surface area contributed by atoms with Gasteiger partial charge in [-0.05, 0) is 94.6 Å². The minimum atomic E-state index is -4.90. The van der Waals surface area contributed by atoms with Gasteiger partial charge in [0.2, 0.25) is 0 Å². The molecular formula is C30H34Cl2F3N3O4. The zero-order valence-electron chi connectivity index (χ0n) is 23.4. The van der Waals surface area contributed by atoms with Crippen molar-refractivity contribution in [2.45, 2.75) is 83.4 Å². The molecule has 0 radical (unpaired) electrons. The monoisotopic (exact) mass is 627 g/mol. The number of aromatic nitrogens is 2. The molecule has 1 aromatic heterocycles. The van der Waals surface area contributed by atoms with Crippen molar-refractivity contribution in [3.8, 4) is 0 Å². The summed E-state index contributed by atoms with van der Waals surface area (Å²) in [5.74, 6) is -2.42. The number of carbonyl (C=O) groups is 3. The summed E-state index contributed by atoms with van der Waals surface area (Å²) in [5.41, 5.74) is -2.41. The van der Waals surface area contributed by atoms with Gasteiger partial charge < -0.3 is 10.0 Å². The Morgan fingerprint density at radius 3 is 2.14 bits per heavy atom. The molecule has 0 unspecified atom stereocenters. The van der Waals surface area contributed by atoms with Crippen LogP contribution in [0.25, 0.3) is 0 Å². The van der Waals surface area contributed by atoms with Crippen molar-refractivity contribution in [3.63, 3.8) is 0 Å². The first-order valence-electron chi connectivity index (χ1n) is 14.4. The summed E-state index contributed by atoms with van der Waals surface area (Å²) in [4.78, 5) is 40.2. The van der Waals surface area contributed by atoms with Crippen molar-refractivity contribution >= 4 is 40.9 Å². The molecule has 7 nitrogen and oxygen atoms in total. The van der Waals surface area contributed by atoms with Gasteiger partial charge in [-0.3, -0.25) is 19.1 Å². The van der Waals surface area contributed by atoms with Crippen LogP contribution in [0.2, 0.25) is 10.0 Å². The normalized spacial score (nSPS) is 24.0. The van der Waals surface area contributed by atoms with Gasteiger partial charge in [-0.25, -0.2) is 0 Å². The fourth-order valence-electron chi connectivity index (χ4n) is 6.64. The topological polar surface area (TPSA) is 92.5 Å². The summed E-state index contributed by atoms with van der Waals surface area (Å²) in [6.45, 7) is 1.24. The van der Waals surface area contributed by atoms with Gasteiger partial charge in [0, 0.05) is 6.54 Å². The van der Waals surface area contributed by atoms with Crippen LogP contribution in [0.15, 0.2) is 24.4 Å². The highest BCUT2D eigenvalue weighted by Crippen LogP contribution is 2.57. The van der Waals surface area contributed by atoms with Crippen LogP contribution in [0.1, 0.15) is 104 Å². The first kappa shape index (κ1) is 30.9. The largest absolute Gasteiger partial charge is 0.481 e. The molecule has 3 fully saturated rings. The molecule has 1 spiro atoms. The number of carbonyl (C=O) groups excluding carboxylic acids is 2. The van der Waals surface area contributed by atoms with Crippen LogP contribution in [0.3, 0.4) is 0 Å². The lowest BCUT2D eigenvalue weighted by Gasteiger charge is -2.35. The van der Waals surface area contributed by atoms with Crippen molar-refractivity contribution in [2.24, 2.45) is 16.7 Å². The van der Waals surface area contributed by atoms with Crippen LogP contribution in [0.5, 0.6) is 0 Å². The van der Waals surface area contributed by atoms with Crippen molar-refractivity contribution in [2.75, 3.05) is 13.1 Å². The summed E-state index contributed by atoms with van der Waals surface area (Å²) in [6.07, 6.45) is 2.82. The second-order valence-electron chi connectivity index (χ2n) is 12.6. The third-order valence-electron chi connectivity index (χ3n) is 9.68. The highest BCUT2D eigenvalue weighted by atomic mass is 35.5. The smallest absolute Gasteiger partial charge is 0.433 e. The van der Waals surface area contributed by atoms with E-state index < -0.39 is 53.1 Å². The Balaban J connectivity index is 1.44. The van der Waals surface area contributed by atoms with Gasteiger partial charge >= 0.3 is 12.1 Å². The summed E-state index contributed by atoms with van der Waals surface area (Å²) in [5, 5.41) is 13.8. The molecule has 0 bridgehead atoms. The predicted octanol–water partition coefficient (Wildman–Crippen LogP) is 7.71. The van der Waals surface area contributed by atoms with E-state index in [1.165, 1.54) is 29.9 Å². The van der Waals surface area contributed by atoms with Gasteiger partial charge in [0.05, 0.1) is 45.4 Å². The Hall–Kier alpha value is -2.59. The molecule has 5 rings (SSSR count). The lowest BCUT2D eigenvalue weighted by Crippen LogP contribution is -2.41. The fourth-order valence-corrected chi connectivity index (χ4v) is 7.25. The molecule has 0 atom stereocenters. The minimum absolute atomic E-state index is 0.0228. The standard InChI is InChI=1S/C30H34Cl2F3N3O4/c1-28(27(41)42)9-7-19(8-10-28)38-25(30(33,34)35)20(15-36-38)26(40)37(16-18-5-11-29(12-6-18)13-14-29)17-23(39)24-21(31)3-2-4-22(24)32/h2-4,15,18-19H,5-14,16-17H2,1H3,(H,41,42). The van der Waals surface area contributed by atoms with E-state index in [0.717, 1.165) is 36.6 Å². The average molecular weight is 629 g/mol. The number of ketones is 1. The van der Waals surface area contributed by atoms with E-state index in [0.29, 0.717) is 5.41 Å². The van der Waals surface area contributed by atoms with Gasteiger partial charge in [-0.1, -0.05) is 29.3 Å². The van der Waals surface area contributed by atoms with Gasteiger partial charge in [0.25, 0.3) is 5.91 Å². The third-order valence-corrected chi connectivity index (χ3v) is 10.3. The van der Waals surface area contributed by atoms with Gasteiger partial charge in [-0.2, -0.15) is 18.3 Å². The quantitative estimate of drug-likeness (QED) is 0.303. The molecular weight excluding hydrogens is 594 g/mol. The lowest BCUT2D eigenvalue weighted by molar-refractivity contribution is -0.152. The number of carboxylic acids is 1. The van der Waals surface area contributed by atoms with Crippen molar-refractivity contribution in [1.82, 2.24) is 14.7 Å². The second kappa shape index (κ2) is 11.5. The van der Waals surface area contributed by atoms with E-state index in [9.17, 15) is 32.7 Å². The van der Waals surface area contributed by atoms with Crippen molar-refractivity contribution in [1.29, 1.82) is 0 Å². The molecule has 3 aliphatic rings. The first-order valence-corrected chi connectivity index (χ1v) is 15.1. The third kappa shape index (κ3) is 6.20. The van der Waals surface area contributed by atoms with Crippen molar-refractivity contribution in [3.05, 3.63) is 51.3 Å². The van der Waals surface area contributed by atoms with E-state index in [2.05, 4.69) is 5.10 Å². The number of hydrogen-bond donors (Lipinski definition) is 1. The maximum atomic E-state index is 14.6. The Kier molecular flexibility index (Phi) is 8.44. The Morgan fingerprint density at radius 2 is 1.62 bits per heavy atom. The number of benzene rings is 1. The van der Waals surface area contributed by atoms with Crippen LogP contribution in [-0.2, 0) is 11.0 Å². The highest BCUT2D eigenvalue weighted by Gasteiger charge is 2.47. The number of alkyl halides is 3. The lowest BCUT2D eigenvalue weighted by atomic mass is 9.74. The number of rotatable bonds is 8. The molecule has 1 heterocycles. The predicted molar refractivity (Wildman–Crippen MR) is 151 cm³/mol. The summed E-state index contributed by atoms with van der Waals surface area (Å²) in [6, 6.07) is 3.86. The second-order valence-corrected chi connectivity index (χ2v) is 13.4. The van der Waals surface area contributed by atoms with E-state index in [1.807, 2.05) is 0 Å². The van der Waals surface area contributed by atoms with E-state index >= 15 is 0 Å².